The van der Waals surface area contributed by atoms with Crippen molar-refractivity contribution in [2.45, 2.75) is 6.42 Å². The van der Waals surface area contributed by atoms with E-state index in [2.05, 4.69) is 0 Å². The molecular formula is C25H34N6O4. The summed E-state index contributed by atoms with van der Waals surface area (Å²) in [5.74, 6) is 0. The van der Waals surface area contributed by atoms with E-state index >= 15 is 0 Å². The SMILES string of the molecule is CN(C)C(=O)N(C)C(=O)N(C)c1cccc(Cc2cccc(N(C)C(=O)N(C)C(=O)N(C)C)c2)c1. The van der Waals surface area contributed by atoms with Crippen molar-refractivity contribution in [2.75, 3.05) is 66.2 Å². The summed E-state index contributed by atoms with van der Waals surface area (Å²) in [4.78, 5) is 57.3. The number of anilines is 2. The van der Waals surface area contributed by atoms with Crippen LogP contribution in [0.15, 0.2) is 48.5 Å². The average molecular weight is 483 g/mol. The zero-order chi connectivity index (χ0) is 26.4. The highest BCUT2D eigenvalue weighted by Gasteiger charge is 2.24. The first-order valence-corrected chi connectivity index (χ1v) is 11.0. The monoisotopic (exact) mass is 482 g/mol. The maximum Gasteiger partial charge on any atom is 0.332 e. The highest BCUT2D eigenvalue weighted by atomic mass is 16.2. The third-order valence-corrected chi connectivity index (χ3v) is 5.49. The van der Waals surface area contributed by atoms with E-state index in [0.717, 1.165) is 20.9 Å². The van der Waals surface area contributed by atoms with Crippen molar-refractivity contribution in [3.8, 4) is 0 Å². The van der Waals surface area contributed by atoms with E-state index in [4.69, 9.17) is 0 Å². The van der Waals surface area contributed by atoms with Crippen LogP contribution in [-0.2, 0) is 6.42 Å². The van der Waals surface area contributed by atoms with E-state index in [1.807, 2.05) is 36.4 Å². The number of carbonyl (C=O) groups is 4. The molecule has 10 nitrogen and oxygen atoms in total. The Morgan fingerprint density at radius 1 is 0.543 bits per heavy atom. The van der Waals surface area contributed by atoms with Gasteiger partial charge in [0.25, 0.3) is 0 Å². The number of benzene rings is 2. The summed E-state index contributed by atoms with van der Waals surface area (Å²) >= 11 is 0. The van der Waals surface area contributed by atoms with Crippen molar-refractivity contribution in [3.05, 3.63) is 59.7 Å². The zero-order valence-corrected chi connectivity index (χ0v) is 21.6. The lowest BCUT2D eigenvalue weighted by molar-refractivity contribution is 0.179. The maximum absolute atomic E-state index is 12.7. The largest absolute Gasteiger partial charge is 0.332 e. The van der Waals surface area contributed by atoms with Gasteiger partial charge in [-0.3, -0.25) is 9.80 Å². The Balaban J connectivity index is 2.19. The van der Waals surface area contributed by atoms with E-state index in [-0.39, 0.29) is 0 Å². The third kappa shape index (κ3) is 6.50. The second kappa shape index (κ2) is 11.4. The first-order valence-electron chi connectivity index (χ1n) is 11.0. The molecule has 2 rings (SSSR count). The number of urea groups is 4. The van der Waals surface area contributed by atoms with Crippen molar-refractivity contribution < 1.29 is 19.2 Å². The van der Waals surface area contributed by atoms with Crippen LogP contribution in [0.3, 0.4) is 0 Å². The number of hydrogen-bond donors (Lipinski definition) is 0. The van der Waals surface area contributed by atoms with E-state index < -0.39 is 24.1 Å². The normalized spacial score (nSPS) is 10.3. The minimum Gasteiger partial charge on any atom is -0.330 e. The predicted molar refractivity (Wildman–Crippen MR) is 137 cm³/mol. The Morgan fingerprint density at radius 2 is 0.886 bits per heavy atom. The van der Waals surface area contributed by atoms with Crippen LogP contribution < -0.4 is 9.80 Å². The summed E-state index contributed by atoms with van der Waals surface area (Å²) in [5.41, 5.74) is 3.21. The van der Waals surface area contributed by atoms with Crippen molar-refractivity contribution in [1.29, 1.82) is 0 Å². The third-order valence-electron chi connectivity index (χ3n) is 5.49. The Morgan fingerprint density at radius 3 is 1.20 bits per heavy atom. The Hall–Kier alpha value is -4.08. The number of hydrogen-bond acceptors (Lipinski definition) is 4. The summed E-state index contributed by atoms with van der Waals surface area (Å²) < 4.78 is 0. The number of carbonyl (C=O) groups excluding carboxylic acids is 4. The molecule has 0 atom stereocenters. The molecule has 0 saturated carbocycles. The highest BCUT2D eigenvalue weighted by Crippen LogP contribution is 2.22. The predicted octanol–water partition coefficient (Wildman–Crippen LogP) is 3.62. The van der Waals surface area contributed by atoms with Gasteiger partial charge in [-0.15, -0.1) is 0 Å². The van der Waals surface area contributed by atoms with Crippen LogP contribution >= 0.6 is 0 Å². The fraction of sp³-hybridized carbons (Fsp3) is 0.360. The molecule has 0 saturated heterocycles. The van der Waals surface area contributed by atoms with Crippen LogP contribution in [0.4, 0.5) is 30.6 Å². The van der Waals surface area contributed by atoms with Crippen LogP contribution in [0.25, 0.3) is 0 Å². The molecule has 0 spiro atoms. The van der Waals surface area contributed by atoms with Gasteiger partial charge in [-0.05, 0) is 41.8 Å². The van der Waals surface area contributed by atoms with Gasteiger partial charge in [0.1, 0.15) is 0 Å². The van der Waals surface area contributed by atoms with Crippen molar-refractivity contribution in [3.63, 3.8) is 0 Å². The first-order chi connectivity index (χ1) is 16.3. The molecule has 0 unspecified atom stereocenters. The summed E-state index contributed by atoms with van der Waals surface area (Å²) in [6.07, 6.45) is 0.560. The molecule has 2 aromatic carbocycles. The quantitative estimate of drug-likeness (QED) is 0.666. The summed E-state index contributed by atoms with van der Waals surface area (Å²) in [5, 5.41) is 0. The van der Waals surface area contributed by atoms with Crippen LogP contribution in [0.5, 0.6) is 0 Å². The molecule has 8 amide bonds. The molecule has 0 aliphatic heterocycles. The lowest BCUT2D eigenvalue weighted by Gasteiger charge is -2.26. The second-order valence-electron chi connectivity index (χ2n) is 8.67. The van der Waals surface area contributed by atoms with Gasteiger partial charge in [-0.2, -0.15) is 0 Å². The summed E-state index contributed by atoms with van der Waals surface area (Å²) in [7, 11) is 12.5. The van der Waals surface area contributed by atoms with Gasteiger partial charge < -0.3 is 9.80 Å². The van der Waals surface area contributed by atoms with Gasteiger partial charge in [-0.1, -0.05) is 24.3 Å². The second-order valence-corrected chi connectivity index (χ2v) is 8.67. The standard InChI is InChI=1S/C25H34N6O4/c1-26(2)22(32)30(7)24(34)28(5)20-13-9-11-18(16-20)15-19-12-10-14-21(17-19)29(6)25(35)31(8)23(33)27(3)4/h9-14,16-17H,15H2,1-8H3. The smallest absolute Gasteiger partial charge is 0.330 e. The molecule has 0 radical (unpaired) electrons. The molecule has 0 bridgehead atoms. The Bertz CT molecular complexity index is 1020. The summed E-state index contributed by atoms with van der Waals surface area (Å²) in [6.45, 7) is 0. The van der Waals surface area contributed by atoms with Crippen LogP contribution in [0.2, 0.25) is 0 Å². The van der Waals surface area contributed by atoms with Gasteiger partial charge in [0.15, 0.2) is 0 Å². The Labute approximate surface area is 206 Å². The van der Waals surface area contributed by atoms with Crippen molar-refractivity contribution in [2.24, 2.45) is 0 Å². The van der Waals surface area contributed by atoms with Crippen molar-refractivity contribution in [1.82, 2.24) is 19.6 Å². The lowest BCUT2D eigenvalue weighted by atomic mass is 10.0. The fourth-order valence-electron chi connectivity index (χ4n) is 3.42. The fourth-order valence-corrected chi connectivity index (χ4v) is 3.42. The van der Waals surface area contributed by atoms with E-state index in [1.165, 1.54) is 33.7 Å². The lowest BCUT2D eigenvalue weighted by Crippen LogP contribution is -2.46. The van der Waals surface area contributed by atoms with Crippen LogP contribution in [-0.4, -0.2) is 100 Å². The number of imide groups is 2. The maximum atomic E-state index is 12.7. The zero-order valence-electron chi connectivity index (χ0n) is 21.6. The van der Waals surface area contributed by atoms with Gasteiger partial charge in [-0.25, -0.2) is 29.0 Å². The number of amides is 8. The molecule has 10 heteroatoms. The molecule has 188 valence electrons. The molecule has 2 aromatic rings. The van der Waals surface area contributed by atoms with Gasteiger partial charge in [0.05, 0.1) is 0 Å². The van der Waals surface area contributed by atoms with Gasteiger partial charge >= 0.3 is 24.1 Å². The van der Waals surface area contributed by atoms with E-state index in [1.54, 1.807) is 54.4 Å². The molecule has 0 aliphatic rings. The molecule has 35 heavy (non-hydrogen) atoms. The molecular weight excluding hydrogens is 448 g/mol. The molecule has 0 N–H and O–H groups in total. The van der Waals surface area contributed by atoms with Gasteiger partial charge in [0, 0.05) is 67.8 Å². The van der Waals surface area contributed by atoms with Crippen molar-refractivity contribution >= 4 is 35.5 Å². The van der Waals surface area contributed by atoms with Gasteiger partial charge in [0.2, 0.25) is 0 Å². The summed E-state index contributed by atoms with van der Waals surface area (Å²) in [6, 6.07) is 13.3. The first kappa shape index (κ1) is 27.2. The molecule has 0 heterocycles. The Kier molecular flexibility index (Phi) is 8.82. The van der Waals surface area contributed by atoms with E-state index in [9.17, 15) is 19.2 Å². The van der Waals surface area contributed by atoms with Crippen LogP contribution in [0, 0.1) is 0 Å². The van der Waals surface area contributed by atoms with E-state index in [0.29, 0.717) is 17.8 Å². The highest BCUT2D eigenvalue weighted by molar-refractivity contribution is 6.02. The molecule has 0 fully saturated rings. The minimum atomic E-state index is -0.445. The molecule has 0 aromatic heterocycles. The number of nitrogens with zero attached hydrogens (tertiary/aromatic N) is 6. The average Bonchev–Trinajstić information content (AvgIpc) is 2.85. The topological polar surface area (TPSA) is 87.7 Å². The number of rotatable bonds is 4. The molecule has 0 aliphatic carbocycles. The van der Waals surface area contributed by atoms with Crippen LogP contribution in [0.1, 0.15) is 11.1 Å². The minimum absolute atomic E-state index is 0.411.